The van der Waals surface area contributed by atoms with Gasteiger partial charge in [-0.3, -0.25) is 0 Å². The summed E-state index contributed by atoms with van der Waals surface area (Å²) in [6, 6.07) is 0. The zero-order valence-corrected chi connectivity index (χ0v) is 7.89. The second-order valence-electron chi connectivity index (χ2n) is 2.58. The van der Waals surface area contributed by atoms with Crippen LogP contribution in [-0.4, -0.2) is 19.3 Å². The molecule has 1 aliphatic carbocycles. The average molecular weight is 190 g/mol. The molecule has 12 heavy (non-hydrogen) atoms. The maximum atomic E-state index is 6.02. The molecule has 0 amide bonds. The first-order valence-electron chi connectivity index (χ1n) is 3.57. The van der Waals surface area contributed by atoms with Gasteiger partial charge in [-0.1, -0.05) is 11.6 Å². The van der Waals surface area contributed by atoms with Crippen LogP contribution in [0.1, 0.15) is 6.42 Å². The van der Waals surface area contributed by atoms with Gasteiger partial charge < -0.3 is 15.2 Å². The predicted molar refractivity (Wildman–Crippen MR) is 47.6 cm³/mol. The molecule has 0 bridgehead atoms. The SMILES string of the molecule is COC1=C(N)C=CC(Cl)(OC)C1. The van der Waals surface area contributed by atoms with Crippen molar-refractivity contribution in [3.8, 4) is 0 Å². The Kier molecular flexibility index (Phi) is 2.65. The highest BCUT2D eigenvalue weighted by Crippen LogP contribution is 2.31. The van der Waals surface area contributed by atoms with E-state index in [4.69, 9.17) is 26.8 Å². The number of hydrogen-bond acceptors (Lipinski definition) is 3. The number of hydrogen-bond donors (Lipinski definition) is 1. The molecule has 0 aromatic carbocycles. The van der Waals surface area contributed by atoms with Crippen molar-refractivity contribution in [2.24, 2.45) is 5.73 Å². The number of halogens is 1. The number of ether oxygens (including phenoxy) is 2. The third-order valence-corrected chi connectivity index (χ3v) is 2.24. The molecule has 0 fully saturated rings. The highest BCUT2D eigenvalue weighted by Gasteiger charge is 2.29. The number of rotatable bonds is 2. The topological polar surface area (TPSA) is 44.5 Å². The van der Waals surface area contributed by atoms with E-state index in [-0.39, 0.29) is 0 Å². The maximum Gasteiger partial charge on any atom is 0.167 e. The van der Waals surface area contributed by atoms with Crippen LogP contribution >= 0.6 is 11.6 Å². The van der Waals surface area contributed by atoms with Gasteiger partial charge in [0.25, 0.3) is 0 Å². The van der Waals surface area contributed by atoms with Crippen LogP contribution in [0.5, 0.6) is 0 Å². The van der Waals surface area contributed by atoms with Crippen molar-refractivity contribution in [1.29, 1.82) is 0 Å². The van der Waals surface area contributed by atoms with E-state index in [2.05, 4.69) is 0 Å². The van der Waals surface area contributed by atoms with Crippen molar-refractivity contribution in [3.63, 3.8) is 0 Å². The van der Waals surface area contributed by atoms with Gasteiger partial charge in [0.05, 0.1) is 19.2 Å². The number of allylic oxidation sites excluding steroid dienone is 1. The maximum absolute atomic E-state index is 6.02. The summed E-state index contributed by atoms with van der Waals surface area (Å²) in [5, 5.41) is -0.797. The number of methoxy groups -OCH3 is 2. The van der Waals surface area contributed by atoms with Crippen LogP contribution < -0.4 is 5.73 Å². The van der Waals surface area contributed by atoms with Gasteiger partial charge in [0.15, 0.2) is 5.06 Å². The molecule has 0 saturated heterocycles. The lowest BCUT2D eigenvalue weighted by molar-refractivity contribution is 0.0865. The molecular weight excluding hydrogens is 178 g/mol. The van der Waals surface area contributed by atoms with Crippen molar-refractivity contribution in [2.45, 2.75) is 11.5 Å². The normalized spacial score (nSPS) is 29.2. The summed E-state index contributed by atoms with van der Waals surface area (Å²) in [4.78, 5) is 0. The Morgan fingerprint density at radius 2 is 2.25 bits per heavy atom. The lowest BCUT2D eigenvalue weighted by Gasteiger charge is -2.26. The molecule has 0 aliphatic heterocycles. The molecule has 0 heterocycles. The van der Waals surface area contributed by atoms with E-state index in [0.29, 0.717) is 17.9 Å². The molecule has 4 heteroatoms. The van der Waals surface area contributed by atoms with E-state index < -0.39 is 5.06 Å². The smallest absolute Gasteiger partial charge is 0.167 e. The fourth-order valence-corrected chi connectivity index (χ4v) is 1.20. The van der Waals surface area contributed by atoms with Crippen LogP contribution in [-0.2, 0) is 9.47 Å². The van der Waals surface area contributed by atoms with Crippen LogP contribution in [0.2, 0.25) is 0 Å². The molecule has 68 valence electrons. The number of nitrogens with two attached hydrogens (primary N) is 1. The summed E-state index contributed by atoms with van der Waals surface area (Å²) in [7, 11) is 3.11. The minimum absolute atomic E-state index is 0.462. The average Bonchev–Trinajstić information content (AvgIpc) is 2.10. The van der Waals surface area contributed by atoms with Gasteiger partial charge in [0, 0.05) is 7.11 Å². The lowest BCUT2D eigenvalue weighted by atomic mass is 10.1. The molecule has 0 saturated carbocycles. The van der Waals surface area contributed by atoms with E-state index in [1.54, 1.807) is 26.4 Å². The Hall–Kier alpha value is -0.670. The second-order valence-corrected chi connectivity index (χ2v) is 3.22. The van der Waals surface area contributed by atoms with E-state index >= 15 is 0 Å². The van der Waals surface area contributed by atoms with Gasteiger partial charge in [-0.25, -0.2) is 0 Å². The van der Waals surface area contributed by atoms with Crippen molar-refractivity contribution in [1.82, 2.24) is 0 Å². The largest absolute Gasteiger partial charge is 0.499 e. The predicted octanol–water partition coefficient (Wildman–Crippen LogP) is 1.34. The first-order chi connectivity index (χ1) is 5.61. The van der Waals surface area contributed by atoms with E-state index in [1.165, 1.54) is 0 Å². The molecule has 1 unspecified atom stereocenters. The third-order valence-electron chi connectivity index (χ3n) is 1.82. The molecular formula is C8H12ClNO2. The van der Waals surface area contributed by atoms with Crippen molar-refractivity contribution in [2.75, 3.05) is 14.2 Å². The molecule has 3 nitrogen and oxygen atoms in total. The summed E-state index contributed by atoms with van der Waals surface area (Å²) in [5.74, 6) is 0.661. The highest BCUT2D eigenvalue weighted by atomic mass is 35.5. The third kappa shape index (κ3) is 1.73. The van der Waals surface area contributed by atoms with Gasteiger partial charge >= 0.3 is 0 Å². The van der Waals surface area contributed by atoms with E-state index in [9.17, 15) is 0 Å². The molecule has 0 radical (unpaired) electrons. The van der Waals surface area contributed by atoms with Crippen LogP contribution in [0.25, 0.3) is 0 Å². The number of alkyl halides is 1. The summed E-state index contributed by atoms with van der Waals surface area (Å²) >= 11 is 6.02. The fourth-order valence-electron chi connectivity index (χ4n) is 1.02. The van der Waals surface area contributed by atoms with Crippen LogP contribution in [0.15, 0.2) is 23.6 Å². The van der Waals surface area contributed by atoms with Crippen LogP contribution in [0.4, 0.5) is 0 Å². The Morgan fingerprint density at radius 1 is 1.58 bits per heavy atom. The van der Waals surface area contributed by atoms with Crippen molar-refractivity contribution >= 4 is 11.6 Å². The van der Waals surface area contributed by atoms with Gasteiger partial charge in [-0.15, -0.1) is 0 Å². The molecule has 1 aliphatic rings. The first kappa shape index (κ1) is 9.42. The van der Waals surface area contributed by atoms with Crippen LogP contribution in [0, 0.1) is 0 Å². The second kappa shape index (κ2) is 3.37. The van der Waals surface area contributed by atoms with Gasteiger partial charge in [-0.05, 0) is 12.2 Å². The van der Waals surface area contributed by atoms with E-state index in [0.717, 1.165) is 0 Å². The molecule has 0 aromatic heterocycles. The Balaban J connectivity index is 2.83. The highest BCUT2D eigenvalue weighted by molar-refractivity contribution is 6.24. The van der Waals surface area contributed by atoms with Gasteiger partial charge in [0.2, 0.25) is 0 Å². The Morgan fingerprint density at radius 3 is 2.75 bits per heavy atom. The van der Waals surface area contributed by atoms with Gasteiger partial charge in [-0.2, -0.15) is 0 Å². The zero-order valence-electron chi connectivity index (χ0n) is 7.13. The molecule has 0 aromatic rings. The summed E-state index contributed by atoms with van der Waals surface area (Å²) in [6.07, 6.45) is 3.87. The summed E-state index contributed by atoms with van der Waals surface area (Å²) in [5.41, 5.74) is 6.22. The quantitative estimate of drug-likeness (QED) is 0.667. The molecule has 0 spiro atoms. The Labute approximate surface area is 76.8 Å². The molecule has 2 N–H and O–H groups in total. The summed E-state index contributed by atoms with van der Waals surface area (Å²) in [6.45, 7) is 0. The minimum atomic E-state index is -0.797. The molecule has 1 atom stereocenters. The minimum Gasteiger partial charge on any atom is -0.499 e. The van der Waals surface area contributed by atoms with Gasteiger partial charge in [0.1, 0.15) is 5.76 Å². The van der Waals surface area contributed by atoms with E-state index in [1.807, 2.05) is 0 Å². The lowest BCUT2D eigenvalue weighted by Crippen LogP contribution is -2.26. The van der Waals surface area contributed by atoms with Crippen molar-refractivity contribution < 1.29 is 9.47 Å². The zero-order chi connectivity index (χ0) is 9.19. The molecule has 1 rings (SSSR count). The standard InChI is InChI=1S/C8H12ClNO2/c1-11-7-5-8(9,12-2)4-3-6(7)10/h3-4H,5,10H2,1-2H3. The Bertz CT molecular complexity index is 237. The van der Waals surface area contributed by atoms with Crippen LogP contribution in [0.3, 0.4) is 0 Å². The monoisotopic (exact) mass is 189 g/mol. The first-order valence-corrected chi connectivity index (χ1v) is 3.95. The summed E-state index contributed by atoms with van der Waals surface area (Å²) < 4.78 is 10.1. The fraction of sp³-hybridized carbons (Fsp3) is 0.500. The van der Waals surface area contributed by atoms with Crippen molar-refractivity contribution in [3.05, 3.63) is 23.6 Å².